The van der Waals surface area contributed by atoms with Crippen LogP contribution in [-0.2, 0) is 6.54 Å². The second kappa shape index (κ2) is 4.82. The van der Waals surface area contributed by atoms with Crippen molar-refractivity contribution in [1.82, 2.24) is 10.3 Å². The zero-order chi connectivity index (χ0) is 12.3. The molecule has 3 heteroatoms. The molecule has 0 aliphatic rings. The lowest BCUT2D eigenvalue weighted by molar-refractivity contribution is 0.0794. The Bertz CT molecular complexity index is 503. The van der Waals surface area contributed by atoms with E-state index >= 15 is 0 Å². The van der Waals surface area contributed by atoms with Gasteiger partial charge in [0.2, 0.25) is 0 Å². The van der Waals surface area contributed by atoms with E-state index < -0.39 is 5.60 Å². The van der Waals surface area contributed by atoms with Gasteiger partial charge in [-0.15, -0.1) is 0 Å². The van der Waals surface area contributed by atoms with E-state index in [0.29, 0.717) is 13.1 Å². The van der Waals surface area contributed by atoms with E-state index in [9.17, 15) is 5.11 Å². The highest BCUT2D eigenvalue weighted by Crippen LogP contribution is 2.11. The predicted molar refractivity (Wildman–Crippen MR) is 69.7 cm³/mol. The molecule has 1 aromatic heterocycles. The number of pyridine rings is 1. The topological polar surface area (TPSA) is 45.1 Å². The molecule has 0 radical (unpaired) electrons. The van der Waals surface area contributed by atoms with Crippen LogP contribution in [0.3, 0.4) is 0 Å². The molecule has 1 heterocycles. The van der Waals surface area contributed by atoms with E-state index in [1.807, 2.05) is 24.3 Å². The van der Waals surface area contributed by atoms with Crippen LogP contribution in [0.4, 0.5) is 0 Å². The molecule has 2 aromatic rings. The highest BCUT2D eigenvalue weighted by molar-refractivity contribution is 5.78. The fourth-order valence-corrected chi connectivity index (χ4v) is 1.70. The Kier molecular flexibility index (Phi) is 3.41. The summed E-state index contributed by atoms with van der Waals surface area (Å²) in [6.07, 6.45) is 0. The monoisotopic (exact) mass is 230 g/mol. The zero-order valence-corrected chi connectivity index (χ0v) is 10.3. The molecule has 2 N–H and O–H groups in total. The largest absolute Gasteiger partial charge is 0.389 e. The number of rotatable bonds is 4. The summed E-state index contributed by atoms with van der Waals surface area (Å²) >= 11 is 0. The first kappa shape index (κ1) is 12.0. The van der Waals surface area contributed by atoms with E-state index in [0.717, 1.165) is 16.6 Å². The summed E-state index contributed by atoms with van der Waals surface area (Å²) in [4.78, 5) is 4.55. The molecule has 0 fully saturated rings. The minimum atomic E-state index is -0.684. The van der Waals surface area contributed by atoms with Crippen molar-refractivity contribution in [2.75, 3.05) is 6.54 Å². The molecule has 17 heavy (non-hydrogen) atoms. The Morgan fingerprint density at radius 3 is 2.71 bits per heavy atom. The van der Waals surface area contributed by atoms with E-state index in [-0.39, 0.29) is 0 Å². The number of fused-ring (bicyclic) bond motifs is 1. The quantitative estimate of drug-likeness (QED) is 0.845. The van der Waals surface area contributed by atoms with Gasteiger partial charge in [-0.25, -0.2) is 0 Å². The molecule has 0 aliphatic heterocycles. The van der Waals surface area contributed by atoms with Gasteiger partial charge in [0.15, 0.2) is 0 Å². The number of aromatic nitrogens is 1. The fourth-order valence-electron chi connectivity index (χ4n) is 1.70. The molecule has 0 spiro atoms. The minimum absolute atomic E-state index is 0.557. The summed E-state index contributed by atoms with van der Waals surface area (Å²) in [7, 11) is 0. The van der Waals surface area contributed by atoms with Gasteiger partial charge in [-0.2, -0.15) is 0 Å². The molecule has 0 unspecified atom stereocenters. The second-order valence-corrected chi connectivity index (χ2v) is 4.91. The third kappa shape index (κ3) is 3.51. The van der Waals surface area contributed by atoms with E-state index in [4.69, 9.17) is 0 Å². The molecular weight excluding hydrogens is 212 g/mol. The van der Waals surface area contributed by atoms with Crippen molar-refractivity contribution in [3.63, 3.8) is 0 Å². The molecule has 0 bridgehead atoms. The summed E-state index contributed by atoms with van der Waals surface area (Å²) in [5.41, 5.74) is 1.32. The van der Waals surface area contributed by atoms with Crippen molar-refractivity contribution in [2.45, 2.75) is 26.0 Å². The van der Waals surface area contributed by atoms with Crippen molar-refractivity contribution in [3.05, 3.63) is 42.1 Å². The highest BCUT2D eigenvalue weighted by atomic mass is 16.3. The maximum Gasteiger partial charge on any atom is 0.0715 e. The minimum Gasteiger partial charge on any atom is -0.389 e. The van der Waals surface area contributed by atoms with Gasteiger partial charge in [-0.05, 0) is 26.0 Å². The number of hydrogen-bond acceptors (Lipinski definition) is 3. The normalized spacial score (nSPS) is 11.9. The van der Waals surface area contributed by atoms with Crippen molar-refractivity contribution < 1.29 is 5.11 Å². The summed E-state index contributed by atoms with van der Waals surface area (Å²) in [5, 5.41) is 13.9. The van der Waals surface area contributed by atoms with Gasteiger partial charge in [-0.1, -0.05) is 24.3 Å². The Morgan fingerprint density at radius 1 is 1.18 bits per heavy atom. The summed E-state index contributed by atoms with van der Waals surface area (Å²) in [6, 6.07) is 12.1. The van der Waals surface area contributed by atoms with E-state index in [1.54, 1.807) is 13.8 Å². The Hall–Kier alpha value is -1.45. The van der Waals surface area contributed by atoms with Crippen LogP contribution in [0, 0.1) is 0 Å². The number of nitrogens with one attached hydrogen (secondary N) is 1. The number of para-hydroxylation sites is 1. The van der Waals surface area contributed by atoms with Crippen LogP contribution in [0.1, 0.15) is 19.5 Å². The smallest absolute Gasteiger partial charge is 0.0715 e. The second-order valence-electron chi connectivity index (χ2n) is 4.91. The highest BCUT2D eigenvalue weighted by Gasteiger charge is 2.11. The SMILES string of the molecule is CC(C)(O)CNCc1ccc2ccccc2n1. The van der Waals surface area contributed by atoms with Crippen LogP contribution in [-0.4, -0.2) is 22.2 Å². The molecule has 1 aromatic carbocycles. The van der Waals surface area contributed by atoms with Crippen LogP contribution >= 0.6 is 0 Å². The third-order valence-electron chi connectivity index (χ3n) is 2.52. The molecule has 3 nitrogen and oxygen atoms in total. The van der Waals surface area contributed by atoms with Gasteiger partial charge in [-0.3, -0.25) is 4.98 Å². The molecule has 0 aliphatic carbocycles. The lowest BCUT2D eigenvalue weighted by Crippen LogP contribution is -2.34. The van der Waals surface area contributed by atoms with Crippen LogP contribution < -0.4 is 5.32 Å². The first-order valence-corrected chi connectivity index (χ1v) is 5.82. The molecule has 0 amide bonds. The van der Waals surface area contributed by atoms with Crippen molar-refractivity contribution in [3.8, 4) is 0 Å². The number of benzene rings is 1. The molecule has 0 atom stereocenters. The summed E-state index contributed by atoms with van der Waals surface area (Å²) in [5.74, 6) is 0. The average molecular weight is 230 g/mol. The van der Waals surface area contributed by atoms with Crippen molar-refractivity contribution in [2.24, 2.45) is 0 Å². The first-order chi connectivity index (χ1) is 8.04. The van der Waals surface area contributed by atoms with Gasteiger partial charge in [0.1, 0.15) is 0 Å². The predicted octanol–water partition coefficient (Wildman–Crippen LogP) is 2.10. The number of nitrogens with zero attached hydrogens (tertiary/aromatic N) is 1. The standard InChI is InChI=1S/C14H18N2O/c1-14(2,17)10-15-9-12-8-7-11-5-3-4-6-13(11)16-12/h3-8,15,17H,9-10H2,1-2H3. The molecule has 2 rings (SSSR count). The van der Waals surface area contributed by atoms with E-state index in [2.05, 4.69) is 22.4 Å². The summed E-state index contributed by atoms with van der Waals surface area (Å²) < 4.78 is 0. The van der Waals surface area contributed by atoms with Crippen LogP contribution in [0.15, 0.2) is 36.4 Å². The van der Waals surface area contributed by atoms with E-state index in [1.165, 1.54) is 0 Å². The van der Waals surface area contributed by atoms with Gasteiger partial charge >= 0.3 is 0 Å². The average Bonchev–Trinajstić information content (AvgIpc) is 2.27. The third-order valence-corrected chi connectivity index (χ3v) is 2.52. The maximum atomic E-state index is 9.58. The lowest BCUT2D eigenvalue weighted by Gasteiger charge is -2.17. The molecule has 0 saturated carbocycles. The fraction of sp³-hybridized carbons (Fsp3) is 0.357. The van der Waals surface area contributed by atoms with Gasteiger partial charge in [0.05, 0.1) is 16.8 Å². The van der Waals surface area contributed by atoms with Gasteiger partial charge in [0, 0.05) is 18.5 Å². The van der Waals surface area contributed by atoms with Crippen LogP contribution in [0.5, 0.6) is 0 Å². The zero-order valence-electron chi connectivity index (χ0n) is 10.3. The number of hydrogen-bond donors (Lipinski definition) is 2. The molecular formula is C14H18N2O. The lowest BCUT2D eigenvalue weighted by atomic mass is 10.1. The van der Waals surface area contributed by atoms with Gasteiger partial charge < -0.3 is 10.4 Å². The summed E-state index contributed by atoms with van der Waals surface area (Å²) in [6.45, 7) is 4.80. The molecule has 90 valence electrons. The van der Waals surface area contributed by atoms with Crippen LogP contribution in [0.2, 0.25) is 0 Å². The Morgan fingerprint density at radius 2 is 1.94 bits per heavy atom. The van der Waals surface area contributed by atoms with Gasteiger partial charge in [0.25, 0.3) is 0 Å². The van der Waals surface area contributed by atoms with Crippen LogP contribution in [0.25, 0.3) is 10.9 Å². The molecule has 0 saturated heterocycles. The number of aliphatic hydroxyl groups is 1. The van der Waals surface area contributed by atoms with Crippen molar-refractivity contribution >= 4 is 10.9 Å². The first-order valence-electron chi connectivity index (χ1n) is 5.82. The maximum absolute atomic E-state index is 9.58. The Labute approximate surface area is 102 Å². The Balaban J connectivity index is 2.04. The van der Waals surface area contributed by atoms with Crippen molar-refractivity contribution in [1.29, 1.82) is 0 Å².